The zero-order valence-corrected chi connectivity index (χ0v) is 16.2. The van der Waals surface area contributed by atoms with Gasteiger partial charge < -0.3 is 15.4 Å². The molecule has 0 aliphatic heterocycles. The van der Waals surface area contributed by atoms with Crippen LogP contribution in [0.4, 0.5) is 5.69 Å². The first-order valence-corrected chi connectivity index (χ1v) is 8.79. The number of halogens is 2. The van der Waals surface area contributed by atoms with E-state index in [2.05, 4.69) is 10.6 Å². The second-order valence-electron chi connectivity index (χ2n) is 5.87. The van der Waals surface area contributed by atoms with Gasteiger partial charge in [-0.1, -0.05) is 41.4 Å². The van der Waals surface area contributed by atoms with Crippen LogP contribution in [0.2, 0.25) is 10.0 Å². The summed E-state index contributed by atoms with van der Waals surface area (Å²) in [6.07, 6.45) is -0.791. The summed E-state index contributed by atoms with van der Waals surface area (Å²) in [7, 11) is 0. The summed E-state index contributed by atoms with van der Waals surface area (Å²) in [5.74, 6) is -0.299. The van der Waals surface area contributed by atoms with Gasteiger partial charge >= 0.3 is 0 Å². The fraction of sp³-hybridized carbons (Fsp3) is 0.263. The predicted octanol–water partition coefficient (Wildman–Crippen LogP) is 4.13. The first-order valence-electron chi connectivity index (χ1n) is 8.03. The fourth-order valence-electron chi connectivity index (χ4n) is 2.31. The Morgan fingerprint density at radius 1 is 1.08 bits per heavy atom. The monoisotopic (exact) mass is 394 g/mol. The van der Waals surface area contributed by atoms with Gasteiger partial charge in [-0.15, -0.1) is 0 Å². The van der Waals surface area contributed by atoms with Gasteiger partial charge in [-0.25, -0.2) is 0 Å². The van der Waals surface area contributed by atoms with Gasteiger partial charge in [0.25, 0.3) is 5.91 Å². The molecule has 1 atom stereocenters. The number of benzene rings is 2. The van der Waals surface area contributed by atoms with Crippen LogP contribution >= 0.6 is 23.2 Å². The van der Waals surface area contributed by atoms with E-state index in [0.29, 0.717) is 15.8 Å². The van der Waals surface area contributed by atoms with E-state index in [-0.39, 0.29) is 12.5 Å². The number of para-hydroxylation sites is 1. The van der Waals surface area contributed by atoms with Crippen molar-refractivity contribution in [2.75, 3.05) is 11.9 Å². The molecule has 0 aliphatic carbocycles. The maximum atomic E-state index is 12.1. The number of anilines is 1. The molecule has 5 nitrogen and oxygen atoms in total. The topological polar surface area (TPSA) is 67.4 Å². The Balaban J connectivity index is 1.87. The Hall–Kier alpha value is -2.24. The molecular weight excluding hydrogens is 375 g/mol. The number of rotatable bonds is 6. The van der Waals surface area contributed by atoms with Crippen molar-refractivity contribution < 1.29 is 14.3 Å². The van der Waals surface area contributed by atoms with Crippen molar-refractivity contribution in [1.29, 1.82) is 0 Å². The molecule has 0 saturated carbocycles. The third-order valence-electron chi connectivity index (χ3n) is 3.74. The van der Waals surface area contributed by atoms with Gasteiger partial charge in [-0.2, -0.15) is 0 Å². The second kappa shape index (κ2) is 8.92. The Morgan fingerprint density at radius 3 is 2.35 bits per heavy atom. The third-order valence-corrected chi connectivity index (χ3v) is 4.48. The maximum absolute atomic E-state index is 12.1. The molecule has 0 bridgehead atoms. The van der Waals surface area contributed by atoms with Crippen LogP contribution in [0.3, 0.4) is 0 Å². The van der Waals surface area contributed by atoms with E-state index in [0.717, 1.165) is 16.8 Å². The highest BCUT2D eigenvalue weighted by Crippen LogP contribution is 2.26. The van der Waals surface area contributed by atoms with E-state index in [1.54, 1.807) is 19.1 Å². The molecule has 0 radical (unpaired) electrons. The van der Waals surface area contributed by atoms with Crippen LogP contribution in [0, 0.1) is 13.8 Å². The maximum Gasteiger partial charge on any atom is 0.261 e. The van der Waals surface area contributed by atoms with Crippen molar-refractivity contribution in [2.24, 2.45) is 0 Å². The van der Waals surface area contributed by atoms with Gasteiger partial charge in [0.15, 0.2) is 6.10 Å². The lowest BCUT2D eigenvalue weighted by Gasteiger charge is -2.16. The van der Waals surface area contributed by atoms with Crippen molar-refractivity contribution in [2.45, 2.75) is 26.9 Å². The molecule has 0 fully saturated rings. The minimum atomic E-state index is -0.791. The molecule has 2 aromatic carbocycles. The van der Waals surface area contributed by atoms with Crippen LogP contribution < -0.4 is 15.4 Å². The fourth-order valence-corrected chi connectivity index (χ4v) is 2.60. The average Bonchev–Trinajstić information content (AvgIpc) is 2.59. The molecule has 7 heteroatoms. The van der Waals surface area contributed by atoms with E-state index < -0.39 is 12.0 Å². The average molecular weight is 395 g/mol. The van der Waals surface area contributed by atoms with Crippen molar-refractivity contribution in [3.8, 4) is 5.75 Å². The van der Waals surface area contributed by atoms with Gasteiger partial charge in [0, 0.05) is 11.8 Å². The number of carbonyl (C=O) groups is 2. The van der Waals surface area contributed by atoms with Crippen LogP contribution in [0.25, 0.3) is 0 Å². The molecule has 0 saturated heterocycles. The van der Waals surface area contributed by atoms with Crippen molar-refractivity contribution in [1.82, 2.24) is 5.32 Å². The summed E-state index contributed by atoms with van der Waals surface area (Å²) in [4.78, 5) is 24.2. The smallest absolute Gasteiger partial charge is 0.261 e. The molecule has 26 heavy (non-hydrogen) atoms. The minimum absolute atomic E-state index is 0.151. The van der Waals surface area contributed by atoms with Crippen LogP contribution in [-0.2, 0) is 9.59 Å². The van der Waals surface area contributed by atoms with Crippen LogP contribution in [0.5, 0.6) is 5.75 Å². The Labute approximate surface area is 162 Å². The first kappa shape index (κ1) is 20.1. The largest absolute Gasteiger partial charge is 0.481 e. The lowest BCUT2D eigenvalue weighted by Crippen LogP contribution is -2.40. The molecule has 2 amide bonds. The summed E-state index contributed by atoms with van der Waals surface area (Å²) < 4.78 is 5.51. The van der Waals surface area contributed by atoms with Crippen LogP contribution in [0.15, 0.2) is 36.4 Å². The molecule has 2 aromatic rings. The standard InChI is InChI=1S/C19H20Cl2N2O3/c1-11-5-4-6-12(2)18(11)23-17(24)10-22-19(25)13(3)26-14-7-8-15(20)16(21)9-14/h4-9,13H,10H2,1-3H3,(H,22,25)(H,23,24). The van der Waals surface area contributed by atoms with Gasteiger partial charge in [0.05, 0.1) is 16.6 Å². The lowest BCUT2D eigenvalue weighted by atomic mass is 10.1. The van der Waals surface area contributed by atoms with E-state index in [1.165, 1.54) is 6.07 Å². The summed E-state index contributed by atoms with van der Waals surface area (Å²) in [6.45, 7) is 5.26. The number of ether oxygens (including phenoxy) is 1. The number of carbonyl (C=O) groups excluding carboxylic acids is 2. The quantitative estimate of drug-likeness (QED) is 0.773. The number of amides is 2. The van der Waals surface area contributed by atoms with Gasteiger partial charge in [-0.3, -0.25) is 9.59 Å². The van der Waals surface area contributed by atoms with Gasteiger partial charge in [-0.05, 0) is 44.0 Å². The molecule has 2 rings (SSSR count). The van der Waals surface area contributed by atoms with Crippen molar-refractivity contribution in [3.63, 3.8) is 0 Å². The second-order valence-corrected chi connectivity index (χ2v) is 6.68. The first-order chi connectivity index (χ1) is 12.3. The van der Waals surface area contributed by atoms with Crippen molar-refractivity contribution in [3.05, 3.63) is 57.6 Å². The summed E-state index contributed by atoms with van der Waals surface area (Å²) in [5, 5.41) is 6.10. The summed E-state index contributed by atoms with van der Waals surface area (Å²) in [6, 6.07) is 10.5. The number of nitrogens with one attached hydrogen (secondary N) is 2. The highest BCUT2D eigenvalue weighted by atomic mass is 35.5. The highest BCUT2D eigenvalue weighted by molar-refractivity contribution is 6.42. The highest BCUT2D eigenvalue weighted by Gasteiger charge is 2.16. The molecule has 1 unspecified atom stereocenters. The van der Waals surface area contributed by atoms with E-state index in [1.807, 2.05) is 32.0 Å². The zero-order valence-electron chi connectivity index (χ0n) is 14.7. The molecule has 0 aromatic heterocycles. The molecular formula is C19H20Cl2N2O3. The molecule has 138 valence electrons. The zero-order chi connectivity index (χ0) is 19.3. The third kappa shape index (κ3) is 5.38. The van der Waals surface area contributed by atoms with Gasteiger partial charge in [0.2, 0.25) is 5.91 Å². The number of hydrogen-bond donors (Lipinski definition) is 2. The number of hydrogen-bond acceptors (Lipinski definition) is 3. The van der Waals surface area contributed by atoms with Crippen LogP contribution in [-0.4, -0.2) is 24.5 Å². The summed E-state index contributed by atoms with van der Waals surface area (Å²) in [5.41, 5.74) is 2.67. The van der Waals surface area contributed by atoms with E-state index in [4.69, 9.17) is 27.9 Å². The number of aryl methyl sites for hydroxylation is 2. The predicted molar refractivity (Wildman–Crippen MR) is 104 cm³/mol. The van der Waals surface area contributed by atoms with Crippen molar-refractivity contribution >= 4 is 40.7 Å². The Morgan fingerprint density at radius 2 is 1.73 bits per heavy atom. The molecule has 2 N–H and O–H groups in total. The molecule has 0 aliphatic rings. The van der Waals surface area contributed by atoms with E-state index >= 15 is 0 Å². The van der Waals surface area contributed by atoms with Gasteiger partial charge in [0.1, 0.15) is 5.75 Å². The van der Waals surface area contributed by atoms with E-state index in [9.17, 15) is 9.59 Å². The minimum Gasteiger partial charge on any atom is -0.481 e. The lowest BCUT2D eigenvalue weighted by molar-refractivity contribution is -0.129. The normalized spacial score (nSPS) is 11.6. The SMILES string of the molecule is Cc1cccc(C)c1NC(=O)CNC(=O)C(C)Oc1ccc(Cl)c(Cl)c1. The Kier molecular flexibility index (Phi) is 6.89. The Bertz CT molecular complexity index is 804. The molecule has 0 spiro atoms. The van der Waals surface area contributed by atoms with Crippen LogP contribution in [0.1, 0.15) is 18.1 Å². The summed E-state index contributed by atoms with van der Waals surface area (Å²) >= 11 is 11.8. The molecule has 0 heterocycles.